The van der Waals surface area contributed by atoms with Crippen molar-refractivity contribution in [2.24, 2.45) is 11.1 Å². The van der Waals surface area contributed by atoms with E-state index in [1.54, 1.807) is 28.1 Å². The van der Waals surface area contributed by atoms with Gasteiger partial charge in [-0.2, -0.15) is 0 Å². The molecule has 0 heterocycles. The van der Waals surface area contributed by atoms with E-state index in [-0.39, 0.29) is 12.0 Å². The van der Waals surface area contributed by atoms with Gasteiger partial charge in [-0.05, 0) is 13.8 Å². The van der Waals surface area contributed by atoms with Crippen LogP contribution >= 0.6 is 0 Å². The van der Waals surface area contributed by atoms with Crippen LogP contribution in [0.5, 0.6) is 0 Å². The van der Waals surface area contributed by atoms with Crippen LogP contribution in [-0.2, 0) is 14.3 Å². The van der Waals surface area contributed by atoms with Crippen LogP contribution in [0.2, 0.25) is 0 Å². The fraction of sp³-hybridized carbons (Fsp3) is 0.900. The Morgan fingerprint density at radius 1 is 1.47 bits per heavy atom. The Labute approximate surface area is 91.3 Å². The van der Waals surface area contributed by atoms with E-state index in [2.05, 4.69) is 5.32 Å². The highest BCUT2D eigenvalue weighted by Crippen LogP contribution is 2.11. The van der Waals surface area contributed by atoms with Crippen LogP contribution in [0.15, 0.2) is 0 Å². The second-order valence-electron chi connectivity index (χ2n) is 4.11. The number of amides is 1. The fourth-order valence-corrected chi connectivity index (χ4v) is 0.935. The SMILES string of the molecule is COCC(CNC(=O)C(C)(C)CN)OC. The number of rotatable bonds is 7. The maximum atomic E-state index is 11.6. The number of ether oxygens (including phenoxy) is 2. The summed E-state index contributed by atoms with van der Waals surface area (Å²) >= 11 is 0. The van der Waals surface area contributed by atoms with E-state index >= 15 is 0 Å². The number of hydrogen-bond acceptors (Lipinski definition) is 4. The van der Waals surface area contributed by atoms with Crippen molar-refractivity contribution in [3.8, 4) is 0 Å². The maximum Gasteiger partial charge on any atom is 0.227 e. The van der Waals surface area contributed by atoms with E-state index in [0.717, 1.165) is 0 Å². The van der Waals surface area contributed by atoms with Crippen molar-refractivity contribution in [3.63, 3.8) is 0 Å². The first kappa shape index (κ1) is 14.3. The Morgan fingerprint density at radius 3 is 2.47 bits per heavy atom. The maximum absolute atomic E-state index is 11.6. The molecular formula is C10H22N2O3. The number of carbonyl (C=O) groups is 1. The van der Waals surface area contributed by atoms with Gasteiger partial charge >= 0.3 is 0 Å². The summed E-state index contributed by atoms with van der Waals surface area (Å²) in [6.07, 6.45) is -0.118. The zero-order valence-electron chi connectivity index (χ0n) is 10.0. The average molecular weight is 218 g/mol. The molecule has 15 heavy (non-hydrogen) atoms. The third-order valence-corrected chi connectivity index (χ3v) is 2.30. The minimum atomic E-state index is -0.536. The smallest absolute Gasteiger partial charge is 0.227 e. The zero-order chi connectivity index (χ0) is 11.9. The minimum absolute atomic E-state index is 0.0665. The number of nitrogens with two attached hydrogens (primary N) is 1. The lowest BCUT2D eigenvalue weighted by atomic mass is 9.93. The minimum Gasteiger partial charge on any atom is -0.382 e. The van der Waals surface area contributed by atoms with Crippen molar-refractivity contribution in [1.29, 1.82) is 0 Å². The summed E-state index contributed by atoms with van der Waals surface area (Å²) in [4.78, 5) is 11.6. The lowest BCUT2D eigenvalue weighted by molar-refractivity contribution is -0.129. The first-order valence-electron chi connectivity index (χ1n) is 4.98. The lowest BCUT2D eigenvalue weighted by Gasteiger charge is -2.23. The Kier molecular flexibility index (Phi) is 6.47. The largest absolute Gasteiger partial charge is 0.382 e. The molecule has 5 nitrogen and oxygen atoms in total. The summed E-state index contributed by atoms with van der Waals surface area (Å²) in [7, 11) is 3.18. The van der Waals surface area contributed by atoms with Crippen molar-refractivity contribution >= 4 is 5.91 Å². The Morgan fingerprint density at radius 2 is 2.07 bits per heavy atom. The van der Waals surface area contributed by atoms with Gasteiger partial charge in [0.2, 0.25) is 5.91 Å². The molecule has 3 N–H and O–H groups in total. The van der Waals surface area contributed by atoms with Gasteiger partial charge in [-0.3, -0.25) is 4.79 Å². The molecule has 0 saturated heterocycles. The van der Waals surface area contributed by atoms with E-state index in [0.29, 0.717) is 19.7 Å². The first-order valence-corrected chi connectivity index (χ1v) is 4.98. The lowest BCUT2D eigenvalue weighted by Crippen LogP contribution is -2.45. The summed E-state index contributed by atoms with van der Waals surface area (Å²) < 4.78 is 10.1. The third kappa shape index (κ3) is 5.11. The Hall–Kier alpha value is -0.650. The summed E-state index contributed by atoms with van der Waals surface area (Å²) in [6.45, 7) is 4.83. The van der Waals surface area contributed by atoms with E-state index < -0.39 is 5.41 Å². The molecule has 5 heteroatoms. The normalized spacial score (nSPS) is 13.7. The summed E-state index contributed by atoms with van der Waals surface area (Å²) in [5.41, 5.74) is 4.95. The monoisotopic (exact) mass is 218 g/mol. The molecule has 0 aromatic heterocycles. The van der Waals surface area contributed by atoms with Crippen LogP contribution in [0.3, 0.4) is 0 Å². The Balaban J connectivity index is 3.98. The molecule has 0 saturated carbocycles. The second-order valence-corrected chi connectivity index (χ2v) is 4.11. The molecule has 0 aromatic carbocycles. The van der Waals surface area contributed by atoms with Crippen LogP contribution < -0.4 is 11.1 Å². The van der Waals surface area contributed by atoms with Crippen molar-refractivity contribution in [2.45, 2.75) is 20.0 Å². The van der Waals surface area contributed by atoms with Crippen molar-refractivity contribution < 1.29 is 14.3 Å². The van der Waals surface area contributed by atoms with E-state index in [9.17, 15) is 4.79 Å². The molecule has 0 rings (SSSR count). The molecule has 0 aliphatic heterocycles. The molecule has 0 fully saturated rings. The molecule has 0 aliphatic rings. The van der Waals surface area contributed by atoms with Gasteiger partial charge in [-0.25, -0.2) is 0 Å². The second kappa shape index (κ2) is 6.76. The van der Waals surface area contributed by atoms with Gasteiger partial charge in [0, 0.05) is 27.3 Å². The van der Waals surface area contributed by atoms with Crippen LogP contribution in [0, 0.1) is 5.41 Å². The zero-order valence-corrected chi connectivity index (χ0v) is 10.0. The summed E-state index contributed by atoms with van der Waals surface area (Å²) in [5, 5.41) is 2.79. The van der Waals surface area contributed by atoms with E-state index in [1.165, 1.54) is 0 Å². The number of carbonyl (C=O) groups excluding carboxylic acids is 1. The molecule has 0 bridgehead atoms. The highest BCUT2D eigenvalue weighted by atomic mass is 16.5. The quantitative estimate of drug-likeness (QED) is 0.618. The molecule has 1 unspecified atom stereocenters. The standard InChI is InChI=1S/C10H22N2O3/c1-10(2,7-11)9(13)12-5-8(15-4)6-14-3/h8H,5-7,11H2,1-4H3,(H,12,13). The van der Waals surface area contributed by atoms with Crippen molar-refractivity contribution in [1.82, 2.24) is 5.32 Å². The predicted molar refractivity (Wildman–Crippen MR) is 58.5 cm³/mol. The van der Waals surface area contributed by atoms with Crippen molar-refractivity contribution in [3.05, 3.63) is 0 Å². The van der Waals surface area contributed by atoms with Crippen LogP contribution in [0.25, 0.3) is 0 Å². The highest BCUT2D eigenvalue weighted by Gasteiger charge is 2.25. The van der Waals surface area contributed by atoms with Crippen LogP contribution in [0.4, 0.5) is 0 Å². The summed E-state index contributed by atoms with van der Waals surface area (Å²) in [6, 6.07) is 0. The Bertz CT molecular complexity index is 195. The third-order valence-electron chi connectivity index (χ3n) is 2.30. The summed E-state index contributed by atoms with van der Waals surface area (Å²) in [5.74, 6) is -0.0665. The number of methoxy groups -OCH3 is 2. The number of nitrogens with one attached hydrogen (secondary N) is 1. The van der Waals surface area contributed by atoms with Crippen LogP contribution in [0.1, 0.15) is 13.8 Å². The predicted octanol–water partition coefficient (Wildman–Crippen LogP) is -0.251. The topological polar surface area (TPSA) is 73.6 Å². The molecule has 0 aromatic rings. The molecule has 1 atom stereocenters. The molecule has 1 amide bonds. The van der Waals surface area contributed by atoms with Gasteiger partial charge in [0.25, 0.3) is 0 Å². The van der Waals surface area contributed by atoms with Gasteiger partial charge < -0.3 is 20.5 Å². The van der Waals surface area contributed by atoms with Gasteiger partial charge in [0.15, 0.2) is 0 Å². The molecule has 0 spiro atoms. The van der Waals surface area contributed by atoms with Gasteiger partial charge in [0.1, 0.15) is 0 Å². The van der Waals surface area contributed by atoms with Crippen molar-refractivity contribution in [2.75, 3.05) is 33.9 Å². The van der Waals surface area contributed by atoms with Gasteiger partial charge in [-0.1, -0.05) is 0 Å². The van der Waals surface area contributed by atoms with E-state index in [1.807, 2.05) is 0 Å². The van der Waals surface area contributed by atoms with Crippen LogP contribution in [-0.4, -0.2) is 45.9 Å². The van der Waals surface area contributed by atoms with Gasteiger partial charge in [0.05, 0.1) is 18.1 Å². The average Bonchev–Trinajstić information content (AvgIpc) is 2.23. The molecule has 0 radical (unpaired) electrons. The van der Waals surface area contributed by atoms with Gasteiger partial charge in [-0.15, -0.1) is 0 Å². The van der Waals surface area contributed by atoms with E-state index in [4.69, 9.17) is 15.2 Å². The fourth-order valence-electron chi connectivity index (χ4n) is 0.935. The molecule has 90 valence electrons. The highest BCUT2D eigenvalue weighted by molar-refractivity contribution is 5.82. The molecule has 0 aliphatic carbocycles. The number of hydrogen-bond donors (Lipinski definition) is 2. The molecular weight excluding hydrogens is 196 g/mol. The first-order chi connectivity index (χ1) is 6.97.